The van der Waals surface area contributed by atoms with E-state index in [0.29, 0.717) is 45.3 Å². The lowest BCUT2D eigenvalue weighted by molar-refractivity contribution is 0.394. The standard InChI is InChI=1S/C65H41N7O3/c1-73-56-36-19-37-57(74-2)58(56)64-67-68-65(75-64)59-60(69-48-28-11-3-20-39(48)40-21-4-12-29-49(40)69)47(38-66)61(70-50-30-13-5-22-41(50)42-23-6-14-31-51(42)70)63(72-54-34-17-9-26-45(54)46-27-10-18-35-55(46)72)62(59)71-52-32-15-7-24-43(52)44-25-8-16-33-53(44)71/h3-37H,1-2H3. The predicted octanol–water partition coefficient (Wildman–Crippen LogP) is 15.7. The third-order valence-corrected chi connectivity index (χ3v) is 15.0. The van der Waals surface area contributed by atoms with E-state index in [2.05, 4.69) is 218 Å². The summed E-state index contributed by atoms with van der Waals surface area (Å²) in [6, 6.07) is 76.3. The molecule has 0 spiro atoms. The highest BCUT2D eigenvalue weighted by molar-refractivity contribution is 6.17. The highest BCUT2D eigenvalue weighted by Crippen LogP contribution is 2.52. The molecule has 0 aliphatic heterocycles. The first-order chi connectivity index (χ1) is 37.2. The first-order valence-electron chi connectivity index (χ1n) is 24.8. The zero-order chi connectivity index (χ0) is 49.9. The summed E-state index contributed by atoms with van der Waals surface area (Å²) in [5.74, 6) is 1.36. The summed E-state index contributed by atoms with van der Waals surface area (Å²) in [4.78, 5) is 0. The van der Waals surface area contributed by atoms with Gasteiger partial charge in [0.15, 0.2) is 0 Å². The van der Waals surface area contributed by atoms with Crippen LogP contribution in [0.4, 0.5) is 0 Å². The van der Waals surface area contributed by atoms with Crippen molar-refractivity contribution in [2.24, 2.45) is 0 Å². The molecule has 10 aromatic carbocycles. The minimum absolute atomic E-state index is 0.180. The average Bonchev–Trinajstić information content (AvgIpc) is 4.32. The summed E-state index contributed by atoms with van der Waals surface area (Å²) in [6.45, 7) is 0. The van der Waals surface area contributed by atoms with Crippen molar-refractivity contribution in [3.63, 3.8) is 0 Å². The molecule has 0 aliphatic carbocycles. The normalized spacial score (nSPS) is 11.9. The number of nitrogens with zero attached hydrogens (tertiary/aromatic N) is 7. The summed E-state index contributed by atoms with van der Waals surface area (Å²) in [6.07, 6.45) is 0. The summed E-state index contributed by atoms with van der Waals surface area (Å²) < 4.78 is 28.4. The van der Waals surface area contributed by atoms with E-state index in [1.54, 1.807) is 14.2 Å². The second-order valence-electron chi connectivity index (χ2n) is 18.7. The van der Waals surface area contributed by atoms with Gasteiger partial charge >= 0.3 is 0 Å². The number of ether oxygens (including phenoxy) is 2. The molecule has 0 saturated heterocycles. The molecule has 5 aromatic heterocycles. The average molecular weight is 968 g/mol. The second kappa shape index (κ2) is 16.3. The van der Waals surface area contributed by atoms with E-state index in [4.69, 9.17) is 24.1 Å². The van der Waals surface area contributed by atoms with E-state index in [0.717, 1.165) is 92.9 Å². The molecule has 5 heterocycles. The number of rotatable bonds is 8. The maximum absolute atomic E-state index is 12.7. The van der Waals surface area contributed by atoms with Crippen LogP contribution in [0.5, 0.6) is 11.5 Å². The molecule has 15 aromatic rings. The molecule has 75 heavy (non-hydrogen) atoms. The number of nitriles is 1. The van der Waals surface area contributed by atoms with Gasteiger partial charge in [0.2, 0.25) is 0 Å². The Morgan fingerprint density at radius 1 is 0.333 bits per heavy atom. The van der Waals surface area contributed by atoms with Gasteiger partial charge in [0.1, 0.15) is 28.7 Å². The minimum Gasteiger partial charge on any atom is -0.496 e. The Hall–Kier alpha value is -10.4. The highest BCUT2D eigenvalue weighted by atomic mass is 16.5. The van der Waals surface area contributed by atoms with Crippen LogP contribution in [0.2, 0.25) is 0 Å². The summed E-state index contributed by atoms with van der Waals surface area (Å²) in [5, 5.41) is 31.1. The van der Waals surface area contributed by atoms with E-state index in [1.807, 2.05) is 18.2 Å². The van der Waals surface area contributed by atoms with Crippen molar-refractivity contribution in [2.75, 3.05) is 14.2 Å². The molecular formula is C65H41N7O3. The Balaban J connectivity index is 1.29. The number of methoxy groups -OCH3 is 2. The molecule has 354 valence electrons. The predicted molar refractivity (Wildman–Crippen MR) is 300 cm³/mol. The van der Waals surface area contributed by atoms with Crippen molar-refractivity contribution in [3.8, 4) is 63.2 Å². The van der Waals surface area contributed by atoms with E-state index < -0.39 is 0 Å². The van der Waals surface area contributed by atoms with Crippen LogP contribution < -0.4 is 9.47 Å². The van der Waals surface area contributed by atoms with E-state index >= 15 is 0 Å². The van der Waals surface area contributed by atoms with Crippen molar-refractivity contribution >= 4 is 87.2 Å². The molecule has 0 aliphatic rings. The van der Waals surface area contributed by atoms with E-state index in [9.17, 15) is 5.26 Å². The number of hydrogen-bond acceptors (Lipinski definition) is 6. The van der Waals surface area contributed by atoms with Crippen LogP contribution in [-0.2, 0) is 0 Å². The van der Waals surface area contributed by atoms with Crippen LogP contribution in [0, 0.1) is 11.3 Å². The fourth-order valence-electron chi connectivity index (χ4n) is 12.0. The lowest BCUT2D eigenvalue weighted by atomic mass is 9.97. The molecule has 10 heteroatoms. The number of aromatic nitrogens is 6. The molecule has 0 unspecified atom stereocenters. The van der Waals surface area contributed by atoms with Gasteiger partial charge in [-0.1, -0.05) is 152 Å². The molecule has 0 fully saturated rings. The van der Waals surface area contributed by atoms with Crippen LogP contribution >= 0.6 is 0 Å². The van der Waals surface area contributed by atoms with Crippen LogP contribution in [0.1, 0.15) is 5.56 Å². The number of para-hydroxylation sites is 8. The smallest absolute Gasteiger partial charge is 0.255 e. The molecule has 0 bridgehead atoms. The maximum Gasteiger partial charge on any atom is 0.255 e. The lowest BCUT2D eigenvalue weighted by Crippen LogP contribution is -2.16. The molecule has 0 atom stereocenters. The SMILES string of the molecule is COc1cccc(OC)c1-c1nnc(-c2c(-n3c4ccccc4c4ccccc43)c(C#N)c(-n3c4ccccc4c4ccccc43)c(-n3c4ccccc4c4ccccc43)c2-n2c3ccccc3c3ccccc32)o1. The zero-order valence-electron chi connectivity index (χ0n) is 40.6. The summed E-state index contributed by atoms with van der Waals surface area (Å²) >= 11 is 0. The number of hydrogen-bond donors (Lipinski definition) is 0. The van der Waals surface area contributed by atoms with Crippen molar-refractivity contribution < 1.29 is 13.9 Å². The summed E-state index contributed by atoms with van der Waals surface area (Å²) in [7, 11) is 3.22. The minimum atomic E-state index is 0.180. The van der Waals surface area contributed by atoms with Crippen LogP contribution in [-0.4, -0.2) is 42.7 Å². The fraction of sp³-hybridized carbons (Fsp3) is 0.0308. The van der Waals surface area contributed by atoms with Crippen molar-refractivity contribution in [2.45, 2.75) is 0 Å². The summed E-state index contributed by atoms with van der Waals surface area (Å²) in [5.41, 5.74) is 11.6. The van der Waals surface area contributed by atoms with Crippen LogP contribution in [0.25, 0.3) is 133 Å². The first-order valence-corrected chi connectivity index (χ1v) is 24.8. The third-order valence-electron chi connectivity index (χ3n) is 15.0. The van der Waals surface area contributed by atoms with E-state index in [1.165, 1.54) is 0 Å². The maximum atomic E-state index is 12.7. The van der Waals surface area contributed by atoms with Crippen LogP contribution in [0.15, 0.2) is 217 Å². The fourth-order valence-corrected chi connectivity index (χ4v) is 12.0. The van der Waals surface area contributed by atoms with Gasteiger partial charge in [-0.25, -0.2) is 0 Å². The molecule has 0 amide bonds. The van der Waals surface area contributed by atoms with E-state index in [-0.39, 0.29) is 11.8 Å². The molecular weight excluding hydrogens is 927 g/mol. The Labute approximate surface area is 428 Å². The lowest BCUT2D eigenvalue weighted by Gasteiger charge is -2.28. The zero-order valence-corrected chi connectivity index (χ0v) is 40.6. The Morgan fingerprint density at radius 2 is 0.613 bits per heavy atom. The first kappa shape index (κ1) is 42.3. The number of benzene rings is 10. The largest absolute Gasteiger partial charge is 0.496 e. The Bertz CT molecular complexity index is 4670. The third kappa shape index (κ3) is 5.89. The second-order valence-corrected chi connectivity index (χ2v) is 18.7. The van der Waals surface area contributed by atoms with Crippen molar-refractivity contribution in [1.82, 2.24) is 28.5 Å². The van der Waals surface area contributed by atoms with Gasteiger partial charge in [-0.15, -0.1) is 10.2 Å². The Morgan fingerprint density at radius 3 is 0.933 bits per heavy atom. The van der Waals surface area contributed by atoms with Gasteiger partial charge in [0, 0.05) is 43.1 Å². The Kier molecular flexibility index (Phi) is 9.22. The van der Waals surface area contributed by atoms with Gasteiger partial charge in [-0.05, 0) is 60.7 Å². The monoisotopic (exact) mass is 967 g/mol. The molecule has 15 rings (SSSR count). The van der Waals surface area contributed by atoms with Gasteiger partial charge in [-0.3, -0.25) is 0 Å². The van der Waals surface area contributed by atoms with Crippen molar-refractivity contribution in [3.05, 3.63) is 218 Å². The molecule has 0 N–H and O–H groups in total. The van der Waals surface area contributed by atoms with Crippen molar-refractivity contribution in [1.29, 1.82) is 5.26 Å². The molecule has 0 radical (unpaired) electrons. The van der Waals surface area contributed by atoms with Gasteiger partial charge in [0.05, 0.1) is 86.7 Å². The topological polar surface area (TPSA) is 101 Å². The van der Waals surface area contributed by atoms with Gasteiger partial charge in [0.25, 0.3) is 11.8 Å². The molecule has 10 nitrogen and oxygen atoms in total. The van der Waals surface area contributed by atoms with Gasteiger partial charge < -0.3 is 32.2 Å². The number of fused-ring (bicyclic) bond motifs is 12. The molecule has 0 saturated carbocycles. The van der Waals surface area contributed by atoms with Crippen LogP contribution in [0.3, 0.4) is 0 Å². The highest BCUT2D eigenvalue weighted by Gasteiger charge is 2.37. The quantitative estimate of drug-likeness (QED) is 0.150. The van der Waals surface area contributed by atoms with Gasteiger partial charge in [-0.2, -0.15) is 5.26 Å².